The Bertz CT molecular complexity index is 458. The van der Waals surface area contributed by atoms with E-state index in [-0.39, 0.29) is 0 Å². The minimum atomic E-state index is 0.611. The molecule has 0 radical (unpaired) electrons. The highest BCUT2D eigenvalue weighted by Gasteiger charge is 2.07. The van der Waals surface area contributed by atoms with Gasteiger partial charge in [-0.2, -0.15) is 0 Å². The molecule has 2 aromatic rings. The van der Waals surface area contributed by atoms with E-state index >= 15 is 0 Å². The quantitative estimate of drug-likeness (QED) is 0.833. The molecule has 0 aliphatic heterocycles. The third kappa shape index (κ3) is 3.77. The molecule has 5 heteroatoms. The molecule has 2 rings (SSSR count). The summed E-state index contributed by atoms with van der Waals surface area (Å²) in [4.78, 5) is 11.6. The maximum absolute atomic E-state index is 5.83. The van der Waals surface area contributed by atoms with E-state index in [1.807, 2.05) is 30.7 Å². The largest absolute Gasteiger partial charge is 0.294 e. The van der Waals surface area contributed by atoms with Crippen molar-refractivity contribution in [2.45, 2.75) is 20.0 Å². The Morgan fingerprint density at radius 1 is 1.29 bits per heavy atom. The predicted molar refractivity (Wildman–Crippen MR) is 71.1 cm³/mol. The first-order chi connectivity index (χ1) is 8.28. The van der Waals surface area contributed by atoms with Crippen LogP contribution in [0.3, 0.4) is 0 Å². The minimum Gasteiger partial charge on any atom is -0.294 e. The second kappa shape index (κ2) is 6.10. The van der Waals surface area contributed by atoms with Gasteiger partial charge in [0.15, 0.2) is 4.47 Å². The number of hydrogen-bond donors (Lipinski definition) is 0. The van der Waals surface area contributed by atoms with Crippen LogP contribution in [0.15, 0.2) is 30.7 Å². The lowest BCUT2D eigenvalue weighted by Gasteiger charge is -2.19. The monoisotopic (exact) mass is 267 g/mol. The van der Waals surface area contributed by atoms with E-state index in [1.54, 1.807) is 11.3 Å². The van der Waals surface area contributed by atoms with Gasteiger partial charge in [0, 0.05) is 36.6 Å². The molecule has 0 N–H and O–H groups in total. The SMILES string of the molecule is CCN(Cc1ccncc1)Cc1cnc(Cl)s1. The van der Waals surface area contributed by atoms with E-state index < -0.39 is 0 Å². The molecular weight excluding hydrogens is 254 g/mol. The van der Waals surface area contributed by atoms with Gasteiger partial charge in [0.05, 0.1) is 0 Å². The molecule has 0 aromatic carbocycles. The maximum Gasteiger partial charge on any atom is 0.183 e. The third-order valence-corrected chi connectivity index (χ3v) is 3.61. The fraction of sp³-hybridized carbons (Fsp3) is 0.333. The summed E-state index contributed by atoms with van der Waals surface area (Å²) in [7, 11) is 0. The zero-order valence-electron chi connectivity index (χ0n) is 9.64. The smallest absolute Gasteiger partial charge is 0.183 e. The van der Waals surface area contributed by atoms with E-state index in [0.717, 1.165) is 19.6 Å². The molecule has 0 aliphatic carbocycles. The number of aromatic nitrogens is 2. The van der Waals surface area contributed by atoms with Gasteiger partial charge in [-0.15, -0.1) is 11.3 Å². The predicted octanol–water partition coefficient (Wildman–Crippen LogP) is 3.21. The van der Waals surface area contributed by atoms with Gasteiger partial charge in [-0.3, -0.25) is 9.88 Å². The first kappa shape index (κ1) is 12.5. The summed E-state index contributed by atoms with van der Waals surface area (Å²) >= 11 is 7.37. The Balaban J connectivity index is 1.98. The number of halogens is 1. The average molecular weight is 268 g/mol. The van der Waals surface area contributed by atoms with Crippen LogP contribution in [0.4, 0.5) is 0 Å². The molecule has 0 unspecified atom stereocenters. The first-order valence-electron chi connectivity index (χ1n) is 5.49. The van der Waals surface area contributed by atoms with Crippen LogP contribution in [0.2, 0.25) is 4.47 Å². The Labute approximate surface area is 110 Å². The molecule has 0 aliphatic rings. The van der Waals surface area contributed by atoms with E-state index in [2.05, 4.69) is 21.8 Å². The van der Waals surface area contributed by atoms with Crippen LogP contribution in [0.1, 0.15) is 17.4 Å². The summed E-state index contributed by atoms with van der Waals surface area (Å²) in [5.74, 6) is 0. The van der Waals surface area contributed by atoms with Crippen LogP contribution >= 0.6 is 22.9 Å². The fourth-order valence-corrected chi connectivity index (χ4v) is 2.62. The maximum atomic E-state index is 5.83. The van der Waals surface area contributed by atoms with E-state index in [9.17, 15) is 0 Å². The first-order valence-corrected chi connectivity index (χ1v) is 6.69. The van der Waals surface area contributed by atoms with Crippen molar-refractivity contribution in [2.75, 3.05) is 6.54 Å². The van der Waals surface area contributed by atoms with Crippen LogP contribution < -0.4 is 0 Å². The second-order valence-electron chi connectivity index (χ2n) is 3.74. The van der Waals surface area contributed by atoms with Crippen molar-refractivity contribution in [3.63, 3.8) is 0 Å². The van der Waals surface area contributed by atoms with Crippen molar-refractivity contribution in [1.82, 2.24) is 14.9 Å². The molecule has 2 heterocycles. The number of pyridine rings is 1. The lowest BCUT2D eigenvalue weighted by molar-refractivity contribution is 0.273. The lowest BCUT2D eigenvalue weighted by Crippen LogP contribution is -2.21. The van der Waals surface area contributed by atoms with Gasteiger partial charge in [0.1, 0.15) is 0 Å². The average Bonchev–Trinajstić information content (AvgIpc) is 2.75. The highest BCUT2D eigenvalue weighted by molar-refractivity contribution is 7.15. The minimum absolute atomic E-state index is 0.611. The van der Waals surface area contributed by atoms with Crippen LogP contribution in [0.5, 0.6) is 0 Å². The normalized spacial score (nSPS) is 11.0. The fourth-order valence-electron chi connectivity index (χ4n) is 1.60. The highest BCUT2D eigenvalue weighted by Crippen LogP contribution is 2.19. The molecule has 0 amide bonds. The zero-order valence-corrected chi connectivity index (χ0v) is 11.2. The van der Waals surface area contributed by atoms with Crippen molar-refractivity contribution in [2.24, 2.45) is 0 Å². The van der Waals surface area contributed by atoms with Gasteiger partial charge in [-0.05, 0) is 24.2 Å². The molecule has 90 valence electrons. The van der Waals surface area contributed by atoms with Gasteiger partial charge in [-0.25, -0.2) is 4.98 Å². The van der Waals surface area contributed by atoms with Gasteiger partial charge in [-0.1, -0.05) is 18.5 Å². The Morgan fingerprint density at radius 2 is 2.06 bits per heavy atom. The molecule has 17 heavy (non-hydrogen) atoms. The van der Waals surface area contributed by atoms with Crippen molar-refractivity contribution in [3.05, 3.63) is 45.6 Å². The van der Waals surface area contributed by atoms with E-state index in [1.165, 1.54) is 10.4 Å². The molecule has 0 atom stereocenters. The number of nitrogens with zero attached hydrogens (tertiary/aromatic N) is 3. The molecule has 2 aromatic heterocycles. The molecule has 0 saturated heterocycles. The van der Waals surface area contributed by atoms with Gasteiger partial charge < -0.3 is 0 Å². The number of hydrogen-bond acceptors (Lipinski definition) is 4. The lowest BCUT2D eigenvalue weighted by atomic mass is 10.2. The van der Waals surface area contributed by atoms with Crippen molar-refractivity contribution >= 4 is 22.9 Å². The Kier molecular flexibility index (Phi) is 4.48. The van der Waals surface area contributed by atoms with Gasteiger partial charge in [0.2, 0.25) is 0 Å². The number of thiazole rings is 1. The van der Waals surface area contributed by atoms with Crippen molar-refractivity contribution in [3.8, 4) is 0 Å². The van der Waals surface area contributed by atoms with Crippen LogP contribution in [0, 0.1) is 0 Å². The molecule has 3 nitrogen and oxygen atoms in total. The summed E-state index contributed by atoms with van der Waals surface area (Å²) in [6.45, 7) is 4.97. The molecule has 0 spiro atoms. The third-order valence-electron chi connectivity index (χ3n) is 2.51. The number of rotatable bonds is 5. The summed E-state index contributed by atoms with van der Waals surface area (Å²) in [6, 6.07) is 4.09. The summed E-state index contributed by atoms with van der Waals surface area (Å²) in [5, 5.41) is 0. The summed E-state index contributed by atoms with van der Waals surface area (Å²) in [6.07, 6.45) is 5.50. The van der Waals surface area contributed by atoms with E-state index in [0.29, 0.717) is 4.47 Å². The van der Waals surface area contributed by atoms with Crippen LogP contribution in [0.25, 0.3) is 0 Å². The van der Waals surface area contributed by atoms with Crippen LogP contribution in [-0.2, 0) is 13.1 Å². The molecular formula is C12H14ClN3S. The Hall–Kier alpha value is -0.970. The molecule has 0 bridgehead atoms. The van der Waals surface area contributed by atoms with Gasteiger partial charge in [0.25, 0.3) is 0 Å². The standard InChI is InChI=1S/C12H14ClN3S/c1-2-16(8-10-3-5-14-6-4-10)9-11-7-15-12(13)17-11/h3-7H,2,8-9H2,1H3. The van der Waals surface area contributed by atoms with Crippen LogP contribution in [-0.4, -0.2) is 21.4 Å². The van der Waals surface area contributed by atoms with E-state index in [4.69, 9.17) is 11.6 Å². The summed E-state index contributed by atoms with van der Waals surface area (Å²) in [5.41, 5.74) is 1.28. The molecule has 0 fully saturated rings. The zero-order chi connectivity index (χ0) is 12.1. The molecule has 0 saturated carbocycles. The van der Waals surface area contributed by atoms with Crippen molar-refractivity contribution < 1.29 is 0 Å². The summed E-state index contributed by atoms with van der Waals surface area (Å²) < 4.78 is 0.611. The Morgan fingerprint density at radius 3 is 2.65 bits per heavy atom. The highest BCUT2D eigenvalue weighted by atomic mass is 35.5. The topological polar surface area (TPSA) is 29.0 Å². The van der Waals surface area contributed by atoms with Crippen molar-refractivity contribution in [1.29, 1.82) is 0 Å². The second-order valence-corrected chi connectivity index (χ2v) is 5.44. The van der Waals surface area contributed by atoms with Gasteiger partial charge >= 0.3 is 0 Å².